The third-order valence-electron chi connectivity index (χ3n) is 3.99. The van der Waals surface area contributed by atoms with Gasteiger partial charge in [-0.15, -0.1) is 0 Å². The van der Waals surface area contributed by atoms with Crippen LogP contribution in [0.1, 0.15) is 38.5 Å². The zero-order chi connectivity index (χ0) is 13.9. The van der Waals surface area contributed by atoms with Gasteiger partial charge >= 0.3 is 6.03 Å². The maximum atomic E-state index is 12.3. The molecule has 1 aliphatic heterocycles. The molecule has 1 spiro atoms. The van der Waals surface area contributed by atoms with Gasteiger partial charge in [-0.05, 0) is 37.7 Å². The molecule has 0 aromatic carbocycles. The maximum absolute atomic E-state index is 12.3. The third-order valence-corrected chi connectivity index (χ3v) is 4.69. The molecular formula is C13H20N2O3S. The van der Waals surface area contributed by atoms with Crippen molar-refractivity contribution >= 4 is 29.6 Å². The summed E-state index contributed by atoms with van der Waals surface area (Å²) in [6.07, 6.45) is 7.00. The Morgan fingerprint density at radius 2 is 1.95 bits per heavy atom. The first-order valence-electron chi connectivity index (χ1n) is 6.78. The fourth-order valence-electron chi connectivity index (χ4n) is 2.60. The average molecular weight is 284 g/mol. The van der Waals surface area contributed by atoms with Crippen LogP contribution >= 0.6 is 11.8 Å². The van der Waals surface area contributed by atoms with Crippen LogP contribution in [0.25, 0.3) is 0 Å². The van der Waals surface area contributed by atoms with Gasteiger partial charge in [0.2, 0.25) is 11.8 Å². The summed E-state index contributed by atoms with van der Waals surface area (Å²) < 4.78 is 0. The van der Waals surface area contributed by atoms with Crippen LogP contribution in [0.3, 0.4) is 0 Å². The number of carbonyl (C=O) groups excluding carboxylic acids is 3. The summed E-state index contributed by atoms with van der Waals surface area (Å²) in [5.74, 6) is 0.424. The number of carbonyl (C=O) groups is 3. The van der Waals surface area contributed by atoms with Crippen molar-refractivity contribution in [1.29, 1.82) is 0 Å². The number of nitrogens with zero attached hydrogens (tertiary/aromatic N) is 1. The molecule has 1 heterocycles. The largest absolute Gasteiger partial charge is 0.330 e. The summed E-state index contributed by atoms with van der Waals surface area (Å²) in [6, 6.07) is -0.544. The van der Waals surface area contributed by atoms with Gasteiger partial charge in [-0.25, -0.2) is 4.79 Å². The molecule has 0 aromatic rings. The van der Waals surface area contributed by atoms with Crippen LogP contribution in [0.2, 0.25) is 0 Å². The Kier molecular flexibility index (Phi) is 4.50. The van der Waals surface area contributed by atoms with Crippen LogP contribution in [0.15, 0.2) is 0 Å². The van der Waals surface area contributed by atoms with E-state index in [9.17, 15) is 14.4 Å². The fourth-order valence-corrected chi connectivity index (χ4v) is 3.09. The number of barbiturate groups is 1. The second-order valence-electron chi connectivity index (χ2n) is 5.21. The van der Waals surface area contributed by atoms with Crippen molar-refractivity contribution in [2.45, 2.75) is 38.5 Å². The summed E-state index contributed by atoms with van der Waals surface area (Å²) in [5.41, 5.74) is -0.923. The minimum Gasteiger partial charge on any atom is -0.277 e. The molecule has 106 valence electrons. The Labute approximate surface area is 117 Å². The summed E-state index contributed by atoms with van der Waals surface area (Å²) >= 11 is 1.80. The summed E-state index contributed by atoms with van der Waals surface area (Å²) in [6.45, 7) is 0.425. The van der Waals surface area contributed by atoms with E-state index in [4.69, 9.17) is 0 Å². The lowest BCUT2D eigenvalue weighted by atomic mass is 9.66. The number of unbranched alkanes of at least 4 members (excludes halogenated alkanes) is 2. The highest BCUT2D eigenvalue weighted by atomic mass is 32.2. The Hall–Kier alpha value is -1.04. The van der Waals surface area contributed by atoms with Gasteiger partial charge in [-0.2, -0.15) is 11.8 Å². The minimum absolute atomic E-state index is 0.280. The molecule has 2 rings (SSSR count). The first-order valence-corrected chi connectivity index (χ1v) is 8.17. The van der Waals surface area contributed by atoms with Crippen molar-refractivity contribution in [3.8, 4) is 0 Å². The van der Waals surface area contributed by atoms with Gasteiger partial charge in [0.1, 0.15) is 5.41 Å². The third kappa shape index (κ3) is 2.63. The molecule has 1 aliphatic carbocycles. The molecule has 1 saturated heterocycles. The number of imide groups is 2. The molecule has 6 heteroatoms. The molecule has 19 heavy (non-hydrogen) atoms. The van der Waals surface area contributed by atoms with Gasteiger partial charge in [0.25, 0.3) is 0 Å². The molecule has 0 radical (unpaired) electrons. The van der Waals surface area contributed by atoms with E-state index in [1.165, 1.54) is 4.90 Å². The molecular weight excluding hydrogens is 264 g/mol. The van der Waals surface area contributed by atoms with Crippen LogP contribution in [-0.2, 0) is 9.59 Å². The molecule has 0 bridgehead atoms. The van der Waals surface area contributed by atoms with Crippen molar-refractivity contribution in [3.63, 3.8) is 0 Å². The number of rotatable bonds is 6. The van der Waals surface area contributed by atoms with E-state index in [0.717, 1.165) is 31.4 Å². The van der Waals surface area contributed by atoms with E-state index < -0.39 is 17.4 Å². The lowest BCUT2D eigenvalue weighted by molar-refractivity contribution is -0.157. The summed E-state index contributed by atoms with van der Waals surface area (Å²) in [4.78, 5) is 37.1. The van der Waals surface area contributed by atoms with Crippen molar-refractivity contribution in [3.05, 3.63) is 0 Å². The number of hydrogen-bond acceptors (Lipinski definition) is 4. The standard InChI is InChI=1S/C13H20N2O3S/c1-19-9-4-2-3-8-15-11(17)13(6-5-7-13)10(16)14-12(15)18/h2-9H2,1H3,(H,14,16,18). The molecule has 2 fully saturated rings. The van der Waals surface area contributed by atoms with E-state index >= 15 is 0 Å². The molecule has 5 nitrogen and oxygen atoms in total. The van der Waals surface area contributed by atoms with Gasteiger partial charge in [0.05, 0.1) is 0 Å². The minimum atomic E-state index is -0.923. The fraction of sp³-hybridized carbons (Fsp3) is 0.769. The monoisotopic (exact) mass is 284 g/mol. The molecule has 0 unspecified atom stereocenters. The average Bonchev–Trinajstić information content (AvgIpc) is 2.30. The lowest BCUT2D eigenvalue weighted by Gasteiger charge is -2.44. The van der Waals surface area contributed by atoms with E-state index in [0.29, 0.717) is 19.4 Å². The van der Waals surface area contributed by atoms with E-state index in [2.05, 4.69) is 11.6 Å². The maximum Gasteiger partial charge on any atom is 0.330 e. The second kappa shape index (κ2) is 5.94. The number of hydrogen-bond donors (Lipinski definition) is 1. The van der Waals surface area contributed by atoms with Gasteiger partial charge in [-0.1, -0.05) is 12.8 Å². The number of amides is 4. The van der Waals surface area contributed by atoms with Crippen LogP contribution in [0.4, 0.5) is 4.79 Å². The second-order valence-corrected chi connectivity index (χ2v) is 6.19. The first-order chi connectivity index (χ1) is 9.12. The van der Waals surface area contributed by atoms with E-state index in [1.54, 1.807) is 11.8 Å². The van der Waals surface area contributed by atoms with Crippen LogP contribution in [0.5, 0.6) is 0 Å². The Morgan fingerprint density at radius 3 is 2.53 bits per heavy atom. The summed E-state index contributed by atoms with van der Waals surface area (Å²) in [7, 11) is 0. The first kappa shape index (κ1) is 14.4. The van der Waals surface area contributed by atoms with Crippen LogP contribution < -0.4 is 5.32 Å². The Balaban J connectivity index is 1.90. The smallest absolute Gasteiger partial charge is 0.277 e. The Bertz CT molecular complexity index is 393. The highest BCUT2D eigenvalue weighted by Gasteiger charge is 2.57. The topological polar surface area (TPSA) is 66.5 Å². The van der Waals surface area contributed by atoms with Crippen LogP contribution in [-0.4, -0.2) is 41.3 Å². The highest BCUT2D eigenvalue weighted by Crippen LogP contribution is 2.44. The van der Waals surface area contributed by atoms with E-state index in [1.807, 2.05) is 0 Å². The van der Waals surface area contributed by atoms with Gasteiger partial charge in [0, 0.05) is 6.54 Å². The van der Waals surface area contributed by atoms with Crippen molar-refractivity contribution < 1.29 is 14.4 Å². The Morgan fingerprint density at radius 1 is 1.21 bits per heavy atom. The van der Waals surface area contributed by atoms with Crippen molar-refractivity contribution in [2.24, 2.45) is 5.41 Å². The van der Waals surface area contributed by atoms with E-state index in [-0.39, 0.29) is 5.91 Å². The van der Waals surface area contributed by atoms with Crippen LogP contribution in [0, 0.1) is 5.41 Å². The molecule has 1 saturated carbocycles. The number of urea groups is 1. The number of nitrogens with one attached hydrogen (secondary N) is 1. The lowest BCUT2D eigenvalue weighted by Crippen LogP contribution is -2.66. The zero-order valence-corrected chi connectivity index (χ0v) is 12.1. The molecule has 4 amide bonds. The quantitative estimate of drug-likeness (QED) is 0.596. The predicted octanol–water partition coefficient (Wildman–Crippen LogP) is 1.77. The normalized spacial score (nSPS) is 21.5. The van der Waals surface area contributed by atoms with Gasteiger partial charge < -0.3 is 0 Å². The molecule has 1 N–H and O–H groups in total. The molecule has 0 atom stereocenters. The van der Waals surface area contributed by atoms with Crippen molar-refractivity contribution in [1.82, 2.24) is 10.2 Å². The molecule has 0 aromatic heterocycles. The number of thioether (sulfide) groups is 1. The molecule has 2 aliphatic rings. The van der Waals surface area contributed by atoms with Gasteiger partial charge in [-0.3, -0.25) is 19.8 Å². The SMILES string of the molecule is CSCCCCCN1C(=O)NC(=O)C2(CCC2)C1=O. The van der Waals surface area contributed by atoms with Gasteiger partial charge in [0.15, 0.2) is 0 Å². The predicted molar refractivity (Wildman–Crippen MR) is 73.8 cm³/mol. The highest BCUT2D eigenvalue weighted by molar-refractivity contribution is 7.98. The summed E-state index contributed by atoms with van der Waals surface area (Å²) in [5, 5.41) is 2.33. The zero-order valence-electron chi connectivity index (χ0n) is 11.2. The van der Waals surface area contributed by atoms with Crippen molar-refractivity contribution in [2.75, 3.05) is 18.6 Å².